The smallest absolute Gasteiger partial charge is 0.257 e. The first-order chi connectivity index (χ1) is 14.0. The zero-order chi connectivity index (χ0) is 20.0. The van der Waals surface area contributed by atoms with Gasteiger partial charge in [-0.05, 0) is 54.4 Å². The predicted octanol–water partition coefficient (Wildman–Crippen LogP) is 5.28. The minimum atomic E-state index is 0.348. The molecule has 1 unspecified atom stereocenters. The average molecular weight is 426 g/mol. The Hall–Kier alpha value is -2.19. The highest BCUT2D eigenvalue weighted by atomic mass is 32.2. The van der Waals surface area contributed by atoms with Crippen molar-refractivity contribution in [2.75, 3.05) is 0 Å². The van der Waals surface area contributed by atoms with Crippen LogP contribution in [0.15, 0.2) is 40.0 Å². The van der Waals surface area contributed by atoms with Gasteiger partial charge in [-0.1, -0.05) is 38.6 Å². The van der Waals surface area contributed by atoms with Crippen molar-refractivity contribution in [1.82, 2.24) is 24.8 Å². The Bertz CT molecular complexity index is 1150. The molecule has 0 saturated carbocycles. The van der Waals surface area contributed by atoms with Gasteiger partial charge in [-0.15, -0.1) is 31.7 Å². The van der Waals surface area contributed by atoms with Crippen LogP contribution >= 0.6 is 23.1 Å². The summed E-state index contributed by atoms with van der Waals surface area (Å²) in [5, 5.41) is 17.8. The van der Waals surface area contributed by atoms with Gasteiger partial charge in [0.05, 0.1) is 10.6 Å². The van der Waals surface area contributed by atoms with Crippen LogP contribution in [0, 0.1) is 11.3 Å². The van der Waals surface area contributed by atoms with Crippen LogP contribution in [0.5, 0.6) is 0 Å². The predicted molar refractivity (Wildman–Crippen MR) is 115 cm³/mol. The van der Waals surface area contributed by atoms with E-state index in [0.717, 1.165) is 34.4 Å². The molecule has 6 nitrogen and oxygen atoms in total. The van der Waals surface area contributed by atoms with Gasteiger partial charge in [0.25, 0.3) is 5.89 Å². The van der Waals surface area contributed by atoms with Gasteiger partial charge < -0.3 is 4.42 Å². The number of nitrogens with zero attached hydrogens (tertiary/aromatic N) is 5. The summed E-state index contributed by atoms with van der Waals surface area (Å²) in [5.74, 6) is 2.53. The lowest BCUT2D eigenvalue weighted by atomic mass is 9.72. The SMILES string of the molecule is CC(C)(C)C1CCc2sc(-c3nnc(CSc4nnc5ccccn45)o3)cc2C1. The number of fused-ring (bicyclic) bond motifs is 2. The maximum absolute atomic E-state index is 5.96. The summed E-state index contributed by atoms with van der Waals surface area (Å²) in [6, 6.07) is 8.11. The van der Waals surface area contributed by atoms with Gasteiger partial charge >= 0.3 is 0 Å². The van der Waals surface area contributed by atoms with Gasteiger partial charge in [-0.3, -0.25) is 4.40 Å². The summed E-state index contributed by atoms with van der Waals surface area (Å²) in [5.41, 5.74) is 2.64. The van der Waals surface area contributed by atoms with Crippen molar-refractivity contribution in [3.8, 4) is 10.8 Å². The Labute approximate surface area is 177 Å². The van der Waals surface area contributed by atoms with Crippen LogP contribution in [0.25, 0.3) is 16.4 Å². The van der Waals surface area contributed by atoms with E-state index in [1.807, 2.05) is 28.8 Å². The Kier molecular flexibility index (Phi) is 4.70. The first kappa shape index (κ1) is 18.8. The summed E-state index contributed by atoms with van der Waals surface area (Å²) in [6.07, 6.45) is 5.51. The Balaban J connectivity index is 1.30. The fourth-order valence-electron chi connectivity index (χ4n) is 3.82. The minimum Gasteiger partial charge on any atom is -0.419 e. The lowest BCUT2D eigenvalue weighted by Gasteiger charge is -2.33. The molecule has 0 amide bonds. The molecule has 0 saturated heterocycles. The van der Waals surface area contributed by atoms with Crippen LogP contribution < -0.4 is 0 Å². The maximum Gasteiger partial charge on any atom is 0.257 e. The van der Waals surface area contributed by atoms with Crippen molar-refractivity contribution in [2.45, 2.75) is 50.9 Å². The molecule has 8 heteroatoms. The number of thiophene rings is 1. The van der Waals surface area contributed by atoms with E-state index < -0.39 is 0 Å². The maximum atomic E-state index is 5.96. The van der Waals surface area contributed by atoms with E-state index in [-0.39, 0.29) is 0 Å². The molecule has 0 spiro atoms. The fraction of sp³-hybridized carbons (Fsp3) is 0.429. The molecule has 29 heavy (non-hydrogen) atoms. The third kappa shape index (κ3) is 3.71. The van der Waals surface area contributed by atoms with Gasteiger partial charge in [0.15, 0.2) is 10.8 Å². The number of hydrogen-bond acceptors (Lipinski definition) is 7. The molecule has 5 rings (SSSR count). The van der Waals surface area contributed by atoms with Crippen LogP contribution in [0.3, 0.4) is 0 Å². The Morgan fingerprint density at radius 1 is 1.21 bits per heavy atom. The second kappa shape index (κ2) is 7.25. The zero-order valence-corrected chi connectivity index (χ0v) is 18.4. The lowest BCUT2D eigenvalue weighted by Crippen LogP contribution is -2.26. The summed E-state index contributed by atoms with van der Waals surface area (Å²) < 4.78 is 7.92. The molecule has 4 heterocycles. The highest BCUT2D eigenvalue weighted by molar-refractivity contribution is 7.98. The van der Waals surface area contributed by atoms with Gasteiger partial charge in [0.2, 0.25) is 5.89 Å². The van der Waals surface area contributed by atoms with Crippen LogP contribution in [0.4, 0.5) is 0 Å². The van der Waals surface area contributed by atoms with Crippen molar-refractivity contribution in [3.63, 3.8) is 0 Å². The van der Waals surface area contributed by atoms with E-state index in [1.165, 1.54) is 16.9 Å². The average Bonchev–Trinajstić information content (AvgIpc) is 3.42. The molecular formula is C21H23N5OS2. The van der Waals surface area contributed by atoms with Gasteiger partial charge in [0, 0.05) is 11.1 Å². The molecule has 150 valence electrons. The van der Waals surface area contributed by atoms with Crippen LogP contribution in [0.2, 0.25) is 0 Å². The van der Waals surface area contributed by atoms with E-state index in [0.29, 0.717) is 22.9 Å². The molecule has 0 radical (unpaired) electrons. The zero-order valence-electron chi connectivity index (χ0n) is 16.8. The number of hydrogen-bond donors (Lipinski definition) is 0. The number of thioether (sulfide) groups is 1. The van der Waals surface area contributed by atoms with E-state index >= 15 is 0 Å². The van der Waals surface area contributed by atoms with Crippen LogP contribution in [-0.2, 0) is 18.6 Å². The van der Waals surface area contributed by atoms with E-state index in [2.05, 4.69) is 47.2 Å². The number of pyridine rings is 1. The molecule has 1 aliphatic rings. The topological polar surface area (TPSA) is 69.1 Å². The van der Waals surface area contributed by atoms with E-state index in [9.17, 15) is 0 Å². The van der Waals surface area contributed by atoms with E-state index in [4.69, 9.17) is 4.42 Å². The monoisotopic (exact) mass is 425 g/mol. The number of aryl methyl sites for hydroxylation is 1. The molecule has 1 aliphatic carbocycles. The summed E-state index contributed by atoms with van der Waals surface area (Å²) in [4.78, 5) is 2.56. The summed E-state index contributed by atoms with van der Waals surface area (Å²) in [7, 11) is 0. The third-order valence-electron chi connectivity index (χ3n) is 5.59. The summed E-state index contributed by atoms with van der Waals surface area (Å²) in [6.45, 7) is 7.03. The van der Waals surface area contributed by atoms with Crippen molar-refractivity contribution >= 4 is 28.7 Å². The van der Waals surface area contributed by atoms with Crippen molar-refractivity contribution in [1.29, 1.82) is 0 Å². The van der Waals surface area contributed by atoms with Crippen LogP contribution in [-0.4, -0.2) is 24.8 Å². The van der Waals surface area contributed by atoms with Crippen LogP contribution in [0.1, 0.15) is 43.5 Å². The highest BCUT2D eigenvalue weighted by Crippen LogP contribution is 2.42. The minimum absolute atomic E-state index is 0.348. The van der Waals surface area contributed by atoms with Gasteiger partial charge in [0.1, 0.15) is 0 Å². The second-order valence-corrected chi connectivity index (χ2v) is 10.6. The normalized spacial score (nSPS) is 17.0. The molecule has 0 aliphatic heterocycles. The Morgan fingerprint density at radius 3 is 2.97 bits per heavy atom. The first-order valence-electron chi connectivity index (χ1n) is 9.84. The van der Waals surface area contributed by atoms with Crippen molar-refractivity contribution in [2.24, 2.45) is 11.3 Å². The van der Waals surface area contributed by atoms with Crippen molar-refractivity contribution < 1.29 is 4.42 Å². The van der Waals surface area contributed by atoms with Crippen molar-refractivity contribution in [3.05, 3.63) is 46.8 Å². The third-order valence-corrected chi connectivity index (χ3v) is 7.75. The molecule has 4 aromatic heterocycles. The second-order valence-electron chi connectivity index (χ2n) is 8.57. The molecule has 0 N–H and O–H groups in total. The molecular weight excluding hydrogens is 402 g/mol. The molecule has 0 aromatic carbocycles. The lowest BCUT2D eigenvalue weighted by molar-refractivity contribution is 0.217. The van der Waals surface area contributed by atoms with E-state index in [1.54, 1.807) is 23.1 Å². The van der Waals surface area contributed by atoms with Gasteiger partial charge in [-0.25, -0.2) is 0 Å². The highest BCUT2D eigenvalue weighted by Gasteiger charge is 2.30. The largest absolute Gasteiger partial charge is 0.419 e. The quantitative estimate of drug-likeness (QED) is 0.414. The fourth-order valence-corrected chi connectivity index (χ4v) is 5.71. The molecule has 1 atom stereocenters. The standard InChI is InChI=1S/C21H23N5OS2/c1-21(2,3)14-7-8-15-13(10-14)11-16(29-15)19-24-23-18(27-19)12-28-20-25-22-17-6-4-5-9-26(17)20/h4-6,9,11,14H,7-8,10,12H2,1-3H3. The van der Waals surface area contributed by atoms with Gasteiger partial charge in [-0.2, -0.15) is 0 Å². The first-order valence-corrected chi connectivity index (χ1v) is 11.6. The molecule has 0 fully saturated rings. The molecule has 4 aromatic rings. The Morgan fingerprint density at radius 2 is 2.10 bits per heavy atom. The molecule has 0 bridgehead atoms. The summed E-state index contributed by atoms with van der Waals surface area (Å²) >= 11 is 3.35. The number of aromatic nitrogens is 5. The number of rotatable bonds is 4.